The molecule has 1 N–H and O–H groups in total. The van der Waals surface area contributed by atoms with Gasteiger partial charge in [0.25, 0.3) is 10.0 Å². The molecule has 2 aromatic carbocycles. The summed E-state index contributed by atoms with van der Waals surface area (Å²) in [7, 11) is -3.62. The fourth-order valence-corrected chi connectivity index (χ4v) is 4.83. The second kappa shape index (κ2) is 5.09. The molecule has 2 aromatic rings. The molecule has 5 nitrogen and oxygen atoms in total. The maximum atomic E-state index is 13.1. The van der Waals surface area contributed by atoms with Crippen molar-refractivity contribution >= 4 is 27.3 Å². The molecular formula is C17H16N2O3S. The lowest BCUT2D eigenvalue weighted by Crippen LogP contribution is -2.35. The Morgan fingerprint density at radius 1 is 1.04 bits per heavy atom. The Labute approximate surface area is 135 Å². The highest BCUT2D eigenvalue weighted by atomic mass is 32.2. The van der Waals surface area contributed by atoms with Crippen molar-refractivity contribution in [1.82, 2.24) is 0 Å². The van der Waals surface area contributed by atoms with Gasteiger partial charge < -0.3 is 5.32 Å². The summed E-state index contributed by atoms with van der Waals surface area (Å²) in [6.45, 7) is 0.480. The van der Waals surface area contributed by atoms with Crippen LogP contribution in [0.1, 0.15) is 17.5 Å². The van der Waals surface area contributed by atoms with Gasteiger partial charge in [-0.2, -0.15) is 0 Å². The van der Waals surface area contributed by atoms with Gasteiger partial charge in [0.05, 0.1) is 17.0 Å². The van der Waals surface area contributed by atoms with E-state index in [1.165, 1.54) is 4.31 Å². The summed E-state index contributed by atoms with van der Waals surface area (Å²) in [4.78, 5) is 11.7. The molecule has 2 aliphatic rings. The number of amides is 1. The number of para-hydroxylation sites is 1. The first-order valence-electron chi connectivity index (χ1n) is 7.59. The van der Waals surface area contributed by atoms with Crippen molar-refractivity contribution in [2.24, 2.45) is 0 Å². The Balaban J connectivity index is 1.78. The highest BCUT2D eigenvalue weighted by Gasteiger charge is 2.30. The van der Waals surface area contributed by atoms with Crippen molar-refractivity contribution in [2.75, 3.05) is 16.2 Å². The average Bonchev–Trinajstić information content (AvgIpc) is 2.93. The topological polar surface area (TPSA) is 66.5 Å². The minimum Gasteiger partial charge on any atom is -0.326 e. The normalized spacial score (nSPS) is 16.7. The number of anilines is 2. The number of fused-ring (bicyclic) bond motifs is 2. The largest absolute Gasteiger partial charge is 0.326 e. The Morgan fingerprint density at radius 2 is 1.87 bits per heavy atom. The zero-order chi connectivity index (χ0) is 16.0. The molecule has 0 bridgehead atoms. The molecule has 0 spiro atoms. The molecule has 2 heterocycles. The summed E-state index contributed by atoms with van der Waals surface area (Å²) >= 11 is 0. The van der Waals surface area contributed by atoms with Crippen molar-refractivity contribution < 1.29 is 13.2 Å². The van der Waals surface area contributed by atoms with E-state index in [0.717, 1.165) is 29.7 Å². The van der Waals surface area contributed by atoms with E-state index in [-0.39, 0.29) is 17.2 Å². The second-order valence-electron chi connectivity index (χ2n) is 5.85. The van der Waals surface area contributed by atoms with Crippen LogP contribution in [-0.4, -0.2) is 20.9 Å². The molecule has 0 fully saturated rings. The van der Waals surface area contributed by atoms with Crippen LogP contribution in [0.25, 0.3) is 0 Å². The number of carbonyl (C=O) groups is 1. The maximum Gasteiger partial charge on any atom is 0.264 e. The number of hydrogen-bond acceptors (Lipinski definition) is 3. The summed E-state index contributed by atoms with van der Waals surface area (Å²) in [5.41, 5.74) is 3.25. The first-order valence-corrected chi connectivity index (χ1v) is 9.03. The highest BCUT2D eigenvalue weighted by Crippen LogP contribution is 2.33. The van der Waals surface area contributed by atoms with Crippen LogP contribution in [0.2, 0.25) is 0 Å². The van der Waals surface area contributed by atoms with Crippen LogP contribution < -0.4 is 9.62 Å². The molecule has 1 amide bonds. The minimum absolute atomic E-state index is 0.0992. The van der Waals surface area contributed by atoms with Gasteiger partial charge in [0, 0.05) is 12.2 Å². The van der Waals surface area contributed by atoms with Gasteiger partial charge in [0.1, 0.15) is 0 Å². The van der Waals surface area contributed by atoms with Crippen molar-refractivity contribution in [3.05, 3.63) is 53.6 Å². The van der Waals surface area contributed by atoms with Crippen molar-refractivity contribution in [3.8, 4) is 0 Å². The number of hydrogen-bond donors (Lipinski definition) is 1. The Hall–Kier alpha value is -2.34. The number of nitrogens with one attached hydrogen (secondary N) is 1. The molecule has 118 valence electrons. The van der Waals surface area contributed by atoms with E-state index in [4.69, 9.17) is 0 Å². The molecule has 0 aromatic heterocycles. The van der Waals surface area contributed by atoms with E-state index in [0.29, 0.717) is 12.2 Å². The van der Waals surface area contributed by atoms with E-state index < -0.39 is 10.0 Å². The minimum atomic E-state index is -3.62. The molecule has 23 heavy (non-hydrogen) atoms. The molecule has 0 unspecified atom stereocenters. The van der Waals surface area contributed by atoms with Crippen molar-refractivity contribution in [1.29, 1.82) is 0 Å². The van der Waals surface area contributed by atoms with Gasteiger partial charge in [-0.1, -0.05) is 18.2 Å². The number of carbonyl (C=O) groups excluding carboxylic acids is 1. The van der Waals surface area contributed by atoms with E-state index in [2.05, 4.69) is 5.32 Å². The number of rotatable bonds is 2. The lowest BCUT2D eigenvalue weighted by atomic mass is 10.0. The van der Waals surface area contributed by atoms with Crippen molar-refractivity contribution in [2.45, 2.75) is 24.2 Å². The van der Waals surface area contributed by atoms with Crippen LogP contribution in [0.3, 0.4) is 0 Å². The van der Waals surface area contributed by atoms with Crippen molar-refractivity contribution in [3.63, 3.8) is 0 Å². The third kappa shape index (κ3) is 2.30. The van der Waals surface area contributed by atoms with E-state index in [9.17, 15) is 13.2 Å². The van der Waals surface area contributed by atoms with Gasteiger partial charge in [0.15, 0.2) is 0 Å². The molecule has 0 saturated heterocycles. The number of sulfonamides is 1. The van der Waals surface area contributed by atoms with E-state index in [1.54, 1.807) is 18.2 Å². The third-order valence-electron chi connectivity index (χ3n) is 4.36. The van der Waals surface area contributed by atoms with Crippen LogP contribution in [0.5, 0.6) is 0 Å². The predicted molar refractivity (Wildman–Crippen MR) is 88.1 cm³/mol. The molecule has 0 aliphatic carbocycles. The van der Waals surface area contributed by atoms with Crippen LogP contribution in [0.15, 0.2) is 47.4 Å². The third-order valence-corrected chi connectivity index (χ3v) is 6.17. The van der Waals surface area contributed by atoms with Gasteiger partial charge in [-0.15, -0.1) is 0 Å². The Morgan fingerprint density at radius 3 is 2.74 bits per heavy atom. The van der Waals surface area contributed by atoms with Crippen LogP contribution in [0.4, 0.5) is 11.4 Å². The quantitative estimate of drug-likeness (QED) is 0.920. The lowest BCUT2D eigenvalue weighted by molar-refractivity contribution is -0.115. The summed E-state index contributed by atoms with van der Waals surface area (Å²) < 4.78 is 27.6. The second-order valence-corrected chi connectivity index (χ2v) is 7.72. The summed E-state index contributed by atoms with van der Waals surface area (Å²) in [6, 6.07) is 12.5. The molecular weight excluding hydrogens is 312 g/mol. The first kappa shape index (κ1) is 14.3. The van der Waals surface area contributed by atoms with Crippen LogP contribution in [0, 0.1) is 0 Å². The molecule has 6 heteroatoms. The van der Waals surface area contributed by atoms with Crippen LogP contribution >= 0.6 is 0 Å². The van der Waals surface area contributed by atoms with Crippen LogP contribution in [-0.2, 0) is 27.7 Å². The molecule has 0 saturated carbocycles. The average molecular weight is 328 g/mol. The van der Waals surface area contributed by atoms with Gasteiger partial charge in [-0.25, -0.2) is 8.42 Å². The van der Waals surface area contributed by atoms with E-state index in [1.807, 2.05) is 24.3 Å². The molecule has 0 radical (unpaired) electrons. The summed E-state index contributed by atoms with van der Waals surface area (Å²) in [5, 5.41) is 2.72. The number of nitrogens with zero attached hydrogens (tertiary/aromatic N) is 1. The molecule has 0 atom stereocenters. The molecule has 2 aliphatic heterocycles. The van der Waals surface area contributed by atoms with E-state index >= 15 is 0 Å². The fraction of sp³-hybridized carbons (Fsp3) is 0.235. The Bertz CT molecular complexity index is 906. The monoisotopic (exact) mass is 328 g/mol. The lowest BCUT2D eigenvalue weighted by Gasteiger charge is -2.30. The SMILES string of the molecule is O=C1Cc2cc(S(=O)(=O)N3CCCc4ccccc43)ccc2N1. The zero-order valence-corrected chi connectivity index (χ0v) is 13.3. The predicted octanol–water partition coefficient (Wildman–Crippen LogP) is 2.32. The Kier molecular flexibility index (Phi) is 3.16. The van der Waals surface area contributed by atoms with Gasteiger partial charge in [0.2, 0.25) is 5.91 Å². The number of benzene rings is 2. The summed E-state index contributed by atoms with van der Waals surface area (Å²) in [6.07, 6.45) is 1.93. The highest BCUT2D eigenvalue weighted by molar-refractivity contribution is 7.92. The fourth-order valence-electron chi connectivity index (χ4n) is 3.24. The molecule has 4 rings (SSSR count). The summed E-state index contributed by atoms with van der Waals surface area (Å²) in [5.74, 6) is -0.0992. The smallest absolute Gasteiger partial charge is 0.264 e. The maximum absolute atomic E-state index is 13.1. The van der Waals surface area contributed by atoms with Gasteiger partial charge in [-0.3, -0.25) is 9.10 Å². The van der Waals surface area contributed by atoms with Gasteiger partial charge >= 0.3 is 0 Å². The zero-order valence-electron chi connectivity index (χ0n) is 12.5. The first-order chi connectivity index (χ1) is 11.1. The standard InChI is InChI=1S/C17H16N2O3S/c20-17-11-13-10-14(7-8-15(13)18-17)23(21,22)19-9-3-5-12-4-1-2-6-16(12)19/h1-2,4,6-8,10H,3,5,9,11H2,(H,18,20). The van der Waals surface area contributed by atoms with Gasteiger partial charge in [-0.05, 0) is 48.2 Å². The number of aryl methyl sites for hydroxylation is 1.